The van der Waals surface area contributed by atoms with E-state index in [0.29, 0.717) is 25.6 Å². The van der Waals surface area contributed by atoms with Gasteiger partial charge in [0.15, 0.2) is 0 Å². The van der Waals surface area contributed by atoms with E-state index in [-0.39, 0.29) is 12.1 Å². The summed E-state index contributed by atoms with van der Waals surface area (Å²) in [6, 6.07) is 4.07. The van der Waals surface area contributed by atoms with Gasteiger partial charge in [0.05, 0.1) is 6.04 Å². The minimum atomic E-state index is -0.464. The summed E-state index contributed by atoms with van der Waals surface area (Å²) in [5.74, 6) is 0.680. The van der Waals surface area contributed by atoms with Crippen LogP contribution in [0.4, 0.5) is 10.5 Å². The first kappa shape index (κ1) is 14.0. The van der Waals surface area contributed by atoms with E-state index < -0.39 is 5.60 Å². The van der Waals surface area contributed by atoms with Gasteiger partial charge in [-0.15, -0.1) is 0 Å². The fourth-order valence-electron chi connectivity index (χ4n) is 2.69. The highest BCUT2D eigenvalue weighted by Crippen LogP contribution is 2.33. The number of nitrogens with zero attached hydrogens (tertiary/aromatic N) is 3. The standard InChI is InChI=1S/C15H21N3O3/c1-15(2,3)21-14(19)17-7-8-18-11(9-17)10-20-13-12(18)5-4-6-16-13/h4-6,11H,7-10H2,1-3H3. The predicted molar refractivity (Wildman–Crippen MR) is 78.7 cm³/mol. The van der Waals surface area contributed by atoms with Crippen molar-refractivity contribution in [2.75, 3.05) is 31.1 Å². The average molecular weight is 291 g/mol. The molecular formula is C15H21N3O3. The molecule has 3 rings (SSSR count). The third kappa shape index (κ3) is 2.89. The monoisotopic (exact) mass is 291 g/mol. The Morgan fingerprint density at radius 3 is 3.00 bits per heavy atom. The van der Waals surface area contributed by atoms with Crippen molar-refractivity contribution < 1.29 is 14.3 Å². The zero-order valence-corrected chi connectivity index (χ0v) is 12.7. The Kier molecular flexibility index (Phi) is 3.39. The molecule has 0 aromatic carbocycles. The molecule has 0 N–H and O–H groups in total. The number of amides is 1. The van der Waals surface area contributed by atoms with Crippen molar-refractivity contribution >= 4 is 11.8 Å². The van der Waals surface area contributed by atoms with Crippen LogP contribution in [0.3, 0.4) is 0 Å². The summed E-state index contributed by atoms with van der Waals surface area (Å²) < 4.78 is 11.1. The molecule has 0 bridgehead atoms. The average Bonchev–Trinajstić information content (AvgIpc) is 2.44. The maximum atomic E-state index is 12.2. The normalized spacial score (nSPS) is 21.2. The summed E-state index contributed by atoms with van der Waals surface area (Å²) in [4.78, 5) is 20.4. The van der Waals surface area contributed by atoms with Crippen molar-refractivity contribution in [3.63, 3.8) is 0 Å². The number of ether oxygens (including phenoxy) is 2. The second-order valence-electron chi connectivity index (χ2n) is 6.41. The molecule has 2 aliphatic rings. The van der Waals surface area contributed by atoms with Crippen molar-refractivity contribution in [1.82, 2.24) is 9.88 Å². The maximum Gasteiger partial charge on any atom is 0.410 e. The first-order valence-corrected chi connectivity index (χ1v) is 7.26. The highest BCUT2D eigenvalue weighted by molar-refractivity contribution is 5.69. The molecule has 0 radical (unpaired) electrons. The Morgan fingerprint density at radius 1 is 1.43 bits per heavy atom. The predicted octanol–water partition coefficient (Wildman–Crippen LogP) is 1.90. The molecule has 6 heteroatoms. The number of hydrogen-bond acceptors (Lipinski definition) is 5. The van der Waals surface area contributed by atoms with E-state index in [0.717, 1.165) is 12.2 Å². The molecule has 0 spiro atoms. The van der Waals surface area contributed by atoms with Gasteiger partial charge < -0.3 is 19.3 Å². The topological polar surface area (TPSA) is 54.9 Å². The molecule has 1 aromatic rings. The maximum absolute atomic E-state index is 12.2. The summed E-state index contributed by atoms with van der Waals surface area (Å²) in [6.45, 7) is 8.23. The zero-order valence-electron chi connectivity index (χ0n) is 12.7. The molecule has 114 valence electrons. The van der Waals surface area contributed by atoms with Gasteiger partial charge in [0, 0.05) is 25.8 Å². The molecular weight excluding hydrogens is 270 g/mol. The number of carbonyl (C=O) groups excluding carboxylic acids is 1. The van der Waals surface area contributed by atoms with Gasteiger partial charge in [0.2, 0.25) is 5.88 Å². The number of aromatic nitrogens is 1. The van der Waals surface area contributed by atoms with Crippen LogP contribution in [-0.4, -0.2) is 53.9 Å². The quantitative estimate of drug-likeness (QED) is 0.731. The van der Waals surface area contributed by atoms with E-state index in [1.807, 2.05) is 32.9 Å². The van der Waals surface area contributed by atoms with Crippen molar-refractivity contribution in [1.29, 1.82) is 0 Å². The fourth-order valence-corrected chi connectivity index (χ4v) is 2.69. The number of carbonyl (C=O) groups is 1. The first-order chi connectivity index (χ1) is 9.94. The third-order valence-electron chi connectivity index (χ3n) is 3.61. The third-order valence-corrected chi connectivity index (χ3v) is 3.61. The molecule has 6 nitrogen and oxygen atoms in total. The minimum Gasteiger partial charge on any atom is -0.474 e. The van der Waals surface area contributed by atoms with Gasteiger partial charge in [-0.25, -0.2) is 9.78 Å². The lowest BCUT2D eigenvalue weighted by molar-refractivity contribution is 0.0194. The molecule has 1 atom stereocenters. The van der Waals surface area contributed by atoms with Crippen LogP contribution >= 0.6 is 0 Å². The smallest absolute Gasteiger partial charge is 0.410 e. The van der Waals surface area contributed by atoms with Crippen LogP contribution in [0, 0.1) is 0 Å². The zero-order chi connectivity index (χ0) is 15.0. The summed E-state index contributed by atoms with van der Waals surface area (Å²) in [5, 5.41) is 0. The number of hydrogen-bond donors (Lipinski definition) is 0. The van der Waals surface area contributed by atoms with Crippen LogP contribution in [0.2, 0.25) is 0 Å². The van der Waals surface area contributed by atoms with E-state index >= 15 is 0 Å². The molecule has 0 saturated carbocycles. The molecule has 1 fully saturated rings. The van der Waals surface area contributed by atoms with Crippen molar-refractivity contribution in [3.8, 4) is 5.88 Å². The Balaban J connectivity index is 1.70. The van der Waals surface area contributed by atoms with Gasteiger partial charge in [0.1, 0.15) is 17.9 Å². The summed E-state index contributed by atoms with van der Waals surface area (Å²) in [7, 11) is 0. The Bertz CT molecular complexity index is 541. The van der Waals surface area contributed by atoms with Crippen LogP contribution in [0.25, 0.3) is 0 Å². The number of pyridine rings is 1. The van der Waals surface area contributed by atoms with Crippen molar-refractivity contribution in [2.45, 2.75) is 32.4 Å². The van der Waals surface area contributed by atoms with Gasteiger partial charge in [-0.05, 0) is 32.9 Å². The number of piperazine rings is 1. The van der Waals surface area contributed by atoms with Crippen LogP contribution in [-0.2, 0) is 4.74 Å². The molecule has 1 unspecified atom stereocenters. The van der Waals surface area contributed by atoms with Gasteiger partial charge in [-0.1, -0.05) is 0 Å². The molecule has 1 saturated heterocycles. The van der Waals surface area contributed by atoms with Gasteiger partial charge in [-0.2, -0.15) is 0 Å². The van der Waals surface area contributed by atoms with E-state index in [4.69, 9.17) is 9.47 Å². The lowest BCUT2D eigenvalue weighted by Gasteiger charge is -2.45. The summed E-state index contributed by atoms with van der Waals surface area (Å²) in [6.07, 6.45) is 1.48. The SMILES string of the molecule is CC(C)(C)OC(=O)N1CCN2c3cccnc3OCC2C1. The highest BCUT2D eigenvalue weighted by atomic mass is 16.6. The summed E-state index contributed by atoms with van der Waals surface area (Å²) >= 11 is 0. The van der Waals surface area contributed by atoms with Gasteiger partial charge in [-0.3, -0.25) is 0 Å². The number of anilines is 1. The van der Waals surface area contributed by atoms with Crippen LogP contribution in [0.1, 0.15) is 20.8 Å². The number of fused-ring (bicyclic) bond motifs is 3. The van der Waals surface area contributed by atoms with E-state index in [9.17, 15) is 4.79 Å². The minimum absolute atomic E-state index is 0.156. The van der Waals surface area contributed by atoms with E-state index in [1.165, 1.54) is 0 Å². The molecule has 21 heavy (non-hydrogen) atoms. The van der Waals surface area contributed by atoms with Crippen LogP contribution in [0.5, 0.6) is 5.88 Å². The fraction of sp³-hybridized carbons (Fsp3) is 0.600. The van der Waals surface area contributed by atoms with E-state index in [2.05, 4.69) is 9.88 Å². The summed E-state index contributed by atoms with van der Waals surface area (Å²) in [5.41, 5.74) is 0.547. The van der Waals surface area contributed by atoms with Crippen LogP contribution < -0.4 is 9.64 Å². The van der Waals surface area contributed by atoms with Crippen molar-refractivity contribution in [3.05, 3.63) is 18.3 Å². The molecule has 1 amide bonds. The first-order valence-electron chi connectivity index (χ1n) is 7.26. The molecule has 1 aromatic heterocycles. The van der Waals surface area contributed by atoms with Crippen molar-refractivity contribution in [2.24, 2.45) is 0 Å². The Morgan fingerprint density at radius 2 is 2.24 bits per heavy atom. The lowest BCUT2D eigenvalue weighted by Crippen LogP contribution is -2.59. The highest BCUT2D eigenvalue weighted by Gasteiger charge is 2.36. The Labute approximate surface area is 124 Å². The molecule has 2 aliphatic heterocycles. The number of rotatable bonds is 0. The van der Waals surface area contributed by atoms with Crippen LogP contribution in [0.15, 0.2) is 18.3 Å². The van der Waals surface area contributed by atoms with Gasteiger partial charge >= 0.3 is 6.09 Å². The molecule has 0 aliphatic carbocycles. The van der Waals surface area contributed by atoms with Gasteiger partial charge in [0.25, 0.3) is 0 Å². The largest absolute Gasteiger partial charge is 0.474 e. The second-order valence-corrected chi connectivity index (χ2v) is 6.41. The Hall–Kier alpha value is -1.98. The second kappa shape index (κ2) is 5.09. The van der Waals surface area contributed by atoms with E-state index in [1.54, 1.807) is 11.1 Å². The molecule has 3 heterocycles. The lowest BCUT2D eigenvalue weighted by atomic mass is 10.1.